The van der Waals surface area contributed by atoms with Gasteiger partial charge in [-0.2, -0.15) is 0 Å². The lowest BCUT2D eigenvalue weighted by molar-refractivity contribution is 0.0691. The third-order valence-electron chi connectivity index (χ3n) is 2.15. The number of rotatable bonds is 2. The number of ether oxygens (including phenoxy) is 1. The Kier molecular flexibility index (Phi) is 2.40. The molecular formula is C10H8BrNO3. The van der Waals surface area contributed by atoms with Gasteiger partial charge in [0.2, 0.25) is 0 Å². The molecule has 0 radical (unpaired) electrons. The van der Waals surface area contributed by atoms with E-state index in [9.17, 15) is 4.79 Å². The molecule has 4 nitrogen and oxygen atoms in total. The maximum atomic E-state index is 10.8. The number of carboxylic acid groups (broad SMARTS) is 1. The molecule has 0 aliphatic heterocycles. The number of hydrogen-bond acceptors (Lipinski definition) is 2. The van der Waals surface area contributed by atoms with Crippen molar-refractivity contribution in [2.45, 2.75) is 0 Å². The predicted octanol–water partition coefficient (Wildman–Crippen LogP) is 2.64. The largest absolute Gasteiger partial charge is 0.495 e. The quantitative estimate of drug-likeness (QED) is 0.881. The number of hydrogen-bond donors (Lipinski definition) is 2. The average molecular weight is 270 g/mol. The highest BCUT2D eigenvalue weighted by Gasteiger charge is 2.11. The molecule has 2 aromatic rings. The summed E-state index contributed by atoms with van der Waals surface area (Å²) in [6.45, 7) is 0. The highest BCUT2D eigenvalue weighted by molar-refractivity contribution is 9.10. The first-order valence-electron chi connectivity index (χ1n) is 4.22. The van der Waals surface area contributed by atoms with Crippen LogP contribution in [-0.2, 0) is 0 Å². The maximum Gasteiger partial charge on any atom is 0.352 e. The minimum atomic E-state index is -0.975. The summed E-state index contributed by atoms with van der Waals surface area (Å²) in [6, 6.07) is 5.18. The molecule has 0 fully saturated rings. The molecule has 0 bridgehead atoms. The van der Waals surface area contributed by atoms with Crippen molar-refractivity contribution in [2.75, 3.05) is 7.11 Å². The summed E-state index contributed by atoms with van der Waals surface area (Å²) in [5.41, 5.74) is 0.894. The van der Waals surface area contributed by atoms with Gasteiger partial charge in [0.15, 0.2) is 0 Å². The molecule has 2 N–H and O–H groups in total. The summed E-state index contributed by atoms with van der Waals surface area (Å²) in [5, 5.41) is 9.66. The lowest BCUT2D eigenvalue weighted by atomic mass is 10.2. The maximum absolute atomic E-state index is 10.8. The van der Waals surface area contributed by atoms with E-state index in [0.717, 1.165) is 15.4 Å². The number of carboxylic acids is 1. The molecule has 2 rings (SSSR count). The summed E-state index contributed by atoms with van der Waals surface area (Å²) in [5.74, 6) is -0.307. The third kappa shape index (κ3) is 1.59. The topological polar surface area (TPSA) is 62.3 Å². The number of benzene rings is 1. The molecule has 0 amide bonds. The van der Waals surface area contributed by atoms with Crippen molar-refractivity contribution < 1.29 is 14.6 Å². The highest BCUT2D eigenvalue weighted by atomic mass is 79.9. The van der Waals surface area contributed by atoms with E-state index in [1.54, 1.807) is 19.2 Å². The monoisotopic (exact) mass is 269 g/mol. The Balaban J connectivity index is 2.71. The zero-order valence-corrected chi connectivity index (χ0v) is 9.46. The Bertz CT molecular complexity index is 533. The van der Waals surface area contributed by atoms with Gasteiger partial charge >= 0.3 is 5.97 Å². The molecule has 1 aromatic carbocycles. The molecule has 0 atom stereocenters. The number of methoxy groups -OCH3 is 1. The molecule has 1 aromatic heterocycles. The third-order valence-corrected chi connectivity index (χ3v) is 2.94. The fourth-order valence-corrected chi connectivity index (χ4v) is 2.04. The number of fused-ring (bicyclic) bond motifs is 1. The van der Waals surface area contributed by atoms with Crippen molar-refractivity contribution in [3.8, 4) is 5.75 Å². The zero-order chi connectivity index (χ0) is 11.0. The van der Waals surface area contributed by atoms with E-state index in [1.807, 2.05) is 6.07 Å². The number of aromatic nitrogens is 1. The summed E-state index contributed by atoms with van der Waals surface area (Å²) in [7, 11) is 1.56. The van der Waals surface area contributed by atoms with Crippen LogP contribution in [0.2, 0.25) is 0 Å². The van der Waals surface area contributed by atoms with Gasteiger partial charge in [0.1, 0.15) is 11.4 Å². The van der Waals surface area contributed by atoms with Crippen LogP contribution in [0.5, 0.6) is 5.75 Å². The van der Waals surface area contributed by atoms with E-state index in [-0.39, 0.29) is 5.69 Å². The van der Waals surface area contributed by atoms with Crippen LogP contribution in [-0.4, -0.2) is 23.2 Å². The van der Waals surface area contributed by atoms with Crippen LogP contribution in [0, 0.1) is 0 Å². The van der Waals surface area contributed by atoms with E-state index in [1.165, 1.54) is 0 Å². The van der Waals surface area contributed by atoms with Crippen LogP contribution in [0.3, 0.4) is 0 Å². The van der Waals surface area contributed by atoms with Crippen LogP contribution < -0.4 is 4.74 Å². The number of halogens is 1. The van der Waals surface area contributed by atoms with Gasteiger partial charge in [0.25, 0.3) is 0 Å². The molecule has 5 heteroatoms. The molecular weight excluding hydrogens is 262 g/mol. The van der Waals surface area contributed by atoms with Gasteiger partial charge < -0.3 is 14.8 Å². The van der Waals surface area contributed by atoms with Gasteiger partial charge in [0.05, 0.1) is 17.1 Å². The van der Waals surface area contributed by atoms with Crippen molar-refractivity contribution in [3.05, 3.63) is 28.4 Å². The van der Waals surface area contributed by atoms with Gasteiger partial charge in [-0.15, -0.1) is 0 Å². The van der Waals surface area contributed by atoms with Gasteiger partial charge in [0, 0.05) is 5.39 Å². The summed E-state index contributed by atoms with van der Waals surface area (Å²) in [4.78, 5) is 13.6. The minimum Gasteiger partial charge on any atom is -0.495 e. The molecule has 1 heterocycles. The van der Waals surface area contributed by atoms with E-state index < -0.39 is 5.97 Å². The normalized spacial score (nSPS) is 10.5. The Morgan fingerprint density at radius 2 is 2.27 bits per heavy atom. The average Bonchev–Trinajstić information content (AvgIpc) is 2.63. The Morgan fingerprint density at radius 1 is 1.53 bits per heavy atom. The van der Waals surface area contributed by atoms with Gasteiger partial charge in [-0.3, -0.25) is 0 Å². The first-order chi connectivity index (χ1) is 7.13. The van der Waals surface area contributed by atoms with Crippen molar-refractivity contribution in [3.63, 3.8) is 0 Å². The van der Waals surface area contributed by atoms with Gasteiger partial charge in [-0.25, -0.2) is 4.79 Å². The van der Waals surface area contributed by atoms with Crippen LogP contribution in [0.4, 0.5) is 0 Å². The summed E-state index contributed by atoms with van der Waals surface area (Å²) < 4.78 is 5.84. The first kappa shape index (κ1) is 10.0. The molecule has 15 heavy (non-hydrogen) atoms. The van der Waals surface area contributed by atoms with Crippen LogP contribution >= 0.6 is 15.9 Å². The van der Waals surface area contributed by atoms with E-state index in [4.69, 9.17) is 9.84 Å². The lowest BCUT2D eigenvalue weighted by Gasteiger charge is -2.02. The molecule has 0 saturated heterocycles. The lowest BCUT2D eigenvalue weighted by Crippen LogP contribution is -1.94. The van der Waals surface area contributed by atoms with E-state index in [2.05, 4.69) is 20.9 Å². The second-order valence-corrected chi connectivity index (χ2v) is 3.83. The first-order valence-corrected chi connectivity index (χ1v) is 5.01. The molecule has 0 aliphatic carbocycles. The van der Waals surface area contributed by atoms with Crippen molar-refractivity contribution in [1.82, 2.24) is 4.98 Å². The fraction of sp³-hybridized carbons (Fsp3) is 0.100. The number of aromatic amines is 1. The second kappa shape index (κ2) is 3.58. The molecule has 78 valence electrons. The number of aromatic carboxylic acids is 1. The zero-order valence-electron chi connectivity index (χ0n) is 7.87. The van der Waals surface area contributed by atoms with Crippen molar-refractivity contribution >= 4 is 32.8 Å². The van der Waals surface area contributed by atoms with Crippen molar-refractivity contribution in [1.29, 1.82) is 0 Å². The van der Waals surface area contributed by atoms with E-state index >= 15 is 0 Å². The molecule has 0 saturated carbocycles. The SMILES string of the molecule is COc1ccc2cc(C(=O)O)[nH]c2c1Br. The summed E-state index contributed by atoms with van der Waals surface area (Å²) >= 11 is 3.36. The Morgan fingerprint density at radius 3 is 2.87 bits per heavy atom. The van der Waals surface area contributed by atoms with Crippen LogP contribution in [0.15, 0.2) is 22.7 Å². The number of carbonyl (C=O) groups is 1. The molecule has 0 unspecified atom stereocenters. The Hall–Kier alpha value is -1.49. The summed E-state index contributed by atoms with van der Waals surface area (Å²) in [6.07, 6.45) is 0. The van der Waals surface area contributed by atoms with Crippen LogP contribution in [0.25, 0.3) is 10.9 Å². The van der Waals surface area contributed by atoms with Crippen LogP contribution in [0.1, 0.15) is 10.5 Å². The molecule has 0 spiro atoms. The van der Waals surface area contributed by atoms with E-state index in [0.29, 0.717) is 5.75 Å². The number of H-pyrrole nitrogens is 1. The minimum absolute atomic E-state index is 0.166. The van der Waals surface area contributed by atoms with Gasteiger partial charge in [-0.05, 0) is 34.1 Å². The van der Waals surface area contributed by atoms with Gasteiger partial charge in [-0.1, -0.05) is 0 Å². The smallest absolute Gasteiger partial charge is 0.352 e. The predicted molar refractivity (Wildman–Crippen MR) is 59.5 cm³/mol. The standard InChI is InChI=1S/C10H8BrNO3/c1-15-7-3-2-5-4-6(10(13)14)12-9(5)8(7)11/h2-4,12H,1H3,(H,13,14). The number of nitrogens with one attached hydrogen (secondary N) is 1. The fourth-order valence-electron chi connectivity index (χ4n) is 1.42. The van der Waals surface area contributed by atoms with Crippen molar-refractivity contribution in [2.24, 2.45) is 0 Å². The second-order valence-electron chi connectivity index (χ2n) is 3.03. The Labute approximate surface area is 94.0 Å². The highest BCUT2D eigenvalue weighted by Crippen LogP contribution is 2.32. The molecule has 0 aliphatic rings.